The molecule has 0 saturated heterocycles. The second-order valence-corrected chi connectivity index (χ2v) is 6.70. The normalized spacial score (nSPS) is 15.3. The molecule has 1 saturated carbocycles. The zero-order valence-electron chi connectivity index (χ0n) is 15.2. The second-order valence-electron chi connectivity index (χ2n) is 6.70. The average Bonchev–Trinajstić information content (AvgIpc) is 3.09. The van der Waals surface area contributed by atoms with E-state index in [1.165, 1.54) is 4.90 Å². The maximum absolute atomic E-state index is 13.0. The van der Waals surface area contributed by atoms with Crippen LogP contribution in [0.25, 0.3) is 0 Å². The molecule has 142 valence electrons. The molecule has 2 rings (SSSR count). The highest BCUT2D eigenvalue weighted by Gasteiger charge is 2.45. The van der Waals surface area contributed by atoms with E-state index in [0.29, 0.717) is 32.4 Å². The van der Waals surface area contributed by atoms with Gasteiger partial charge in [0.1, 0.15) is 12.1 Å². The number of nitrogens with one attached hydrogen (secondary N) is 2. The van der Waals surface area contributed by atoms with Crippen LogP contribution in [0.15, 0.2) is 30.3 Å². The molecule has 1 aromatic rings. The van der Waals surface area contributed by atoms with Crippen LogP contribution < -0.4 is 10.6 Å². The molecule has 0 aliphatic heterocycles. The van der Waals surface area contributed by atoms with Gasteiger partial charge in [-0.25, -0.2) is 4.79 Å². The molecule has 0 atom stereocenters. The monoisotopic (exact) mass is 361 g/mol. The zero-order chi connectivity index (χ0) is 19.0. The van der Waals surface area contributed by atoms with Crippen molar-refractivity contribution in [3.05, 3.63) is 35.9 Å². The van der Waals surface area contributed by atoms with Crippen LogP contribution in [0.1, 0.15) is 44.6 Å². The Hall–Kier alpha value is -2.57. The summed E-state index contributed by atoms with van der Waals surface area (Å²) in [7, 11) is 0. The van der Waals surface area contributed by atoms with Crippen molar-refractivity contribution in [3.8, 4) is 0 Å². The summed E-state index contributed by atoms with van der Waals surface area (Å²) in [6.45, 7) is 2.27. The number of aliphatic carboxylic acids is 1. The number of carboxylic acid groups (broad SMARTS) is 1. The standard InChI is InChI=1S/C19H27N3O4/c1-2-12-22(14-16(23)24)17(25)19(10-6-7-11-19)21-18(26)20-13-15-8-4-3-5-9-15/h3-5,8-9H,2,6-7,10-14H2,1H3,(H,23,24)(H2,20,21,26). The molecule has 0 aromatic heterocycles. The summed E-state index contributed by atoms with van der Waals surface area (Å²) in [6.07, 6.45) is 3.39. The predicted octanol–water partition coefficient (Wildman–Crippen LogP) is 2.12. The van der Waals surface area contributed by atoms with Crippen LogP contribution in [0, 0.1) is 0 Å². The molecule has 7 nitrogen and oxygen atoms in total. The van der Waals surface area contributed by atoms with E-state index in [4.69, 9.17) is 5.11 Å². The summed E-state index contributed by atoms with van der Waals surface area (Å²) >= 11 is 0. The van der Waals surface area contributed by atoms with Crippen LogP contribution in [-0.2, 0) is 16.1 Å². The van der Waals surface area contributed by atoms with Gasteiger partial charge < -0.3 is 20.6 Å². The molecule has 0 unspecified atom stereocenters. The molecule has 26 heavy (non-hydrogen) atoms. The van der Waals surface area contributed by atoms with Crippen LogP contribution in [0.5, 0.6) is 0 Å². The number of hydrogen-bond acceptors (Lipinski definition) is 3. The minimum absolute atomic E-state index is 0.297. The third-order valence-electron chi connectivity index (χ3n) is 4.62. The second kappa shape index (κ2) is 9.22. The molecule has 1 aromatic carbocycles. The molecule has 3 amide bonds. The first-order valence-electron chi connectivity index (χ1n) is 9.08. The van der Waals surface area contributed by atoms with E-state index >= 15 is 0 Å². The third-order valence-corrected chi connectivity index (χ3v) is 4.62. The van der Waals surface area contributed by atoms with Gasteiger partial charge >= 0.3 is 12.0 Å². The Bertz CT molecular complexity index is 627. The highest BCUT2D eigenvalue weighted by atomic mass is 16.4. The molecule has 0 spiro atoms. The maximum atomic E-state index is 13.0. The van der Waals surface area contributed by atoms with Crippen LogP contribution in [0.3, 0.4) is 0 Å². The number of carbonyl (C=O) groups excluding carboxylic acids is 2. The highest BCUT2D eigenvalue weighted by Crippen LogP contribution is 2.31. The molecule has 1 fully saturated rings. The van der Waals surface area contributed by atoms with Crippen molar-refractivity contribution in [3.63, 3.8) is 0 Å². The van der Waals surface area contributed by atoms with E-state index in [2.05, 4.69) is 10.6 Å². The Morgan fingerprint density at radius 3 is 2.38 bits per heavy atom. The summed E-state index contributed by atoms with van der Waals surface area (Å²) in [5, 5.41) is 14.7. The van der Waals surface area contributed by atoms with Gasteiger partial charge in [-0.05, 0) is 24.8 Å². The van der Waals surface area contributed by atoms with Gasteiger partial charge in [-0.1, -0.05) is 50.1 Å². The van der Waals surface area contributed by atoms with E-state index in [0.717, 1.165) is 18.4 Å². The lowest BCUT2D eigenvalue weighted by atomic mass is 9.95. The van der Waals surface area contributed by atoms with Gasteiger partial charge in [-0.3, -0.25) is 9.59 Å². The van der Waals surface area contributed by atoms with Crippen LogP contribution >= 0.6 is 0 Å². The van der Waals surface area contributed by atoms with Gasteiger partial charge in [0.2, 0.25) is 5.91 Å². The van der Waals surface area contributed by atoms with Crippen molar-refractivity contribution in [1.82, 2.24) is 15.5 Å². The van der Waals surface area contributed by atoms with E-state index in [-0.39, 0.29) is 12.5 Å². The molecule has 0 radical (unpaired) electrons. The van der Waals surface area contributed by atoms with Gasteiger partial charge in [-0.2, -0.15) is 0 Å². The molecule has 1 aliphatic rings. The van der Waals surface area contributed by atoms with E-state index in [9.17, 15) is 14.4 Å². The van der Waals surface area contributed by atoms with Gasteiger partial charge in [0.25, 0.3) is 0 Å². The minimum Gasteiger partial charge on any atom is -0.480 e. The Morgan fingerprint density at radius 2 is 1.81 bits per heavy atom. The summed E-state index contributed by atoms with van der Waals surface area (Å²) in [4.78, 5) is 37.8. The third kappa shape index (κ3) is 5.21. The van der Waals surface area contributed by atoms with Crippen molar-refractivity contribution >= 4 is 17.9 Å². The van der Waals surface area contributed by atoms with Gasteiger partial charge in [-0.15, -0.1) is 0 Å². The molecule has 0 heterocycles. The number of carboxylic acids is 1. The first-order valence-corrected chi connectivity index (χ1v) is 9.08. The van der Waals surface area contributed by atoms with Crippen molar-refractivity contribution < 1.29 is 19.5 Å². The topological polar surface area (TPSA) is 98.7 Å². The van der Waals surface area contributed by atoms with E-state index in [1.807, 2.05) is 37.3 Å². The summed E-state index contributed by atoms with van der Waals surface area (Å²) in [5.41, 5.74) is -0.0429. The molecule has 3 N–H and O–H groups in total. The highest BCUT2D eigenvalue weighted by molar-refractivity contribution is 5.93. The van der Waals surface area contributed by atoms with Gasteiger partial charge in [0.05, 0.1) is 0 Å². The largest absolute Gasteiger partial charge is 0.480 e. The number of carbonyl (C=O) groups is 3. The maximum Gasteiger partial charge on any atom is 0.323 e. The first kappa shape index (κ1) is 19.8. The lowest BCUT2D eigenvalue weighted by Gasteiger charge is -2.34. The quantitative estimate of drug-likeness (QED) is 0.660. The number of hydrogen-bond donors (Lipinski definition) is 3. The van der Waals surface area contributed by atoms with Crippen LogP contribution in [-0.4, -0.2) is 46.5 Å². The number of urea groups is 1. The van der Waals surface area contributed by atoms with Gasteiger partial charge in [0, 0.05) is 13.1 Å². The first-order chi connectivity index (χ1) is 12.5. The Kier molecular flexibility index (Phi) is 7.00. The van der Waals surface area contributed by atoms with Crippen LogP contribution in [0.4, 0.5) is 4.79 Å². The Labute approximate surface area is 153 Å². The smallest absolute Gasteiger partial charge is 0.323 e. The lowest BCUT2D eigenvalue weighted by molar-refractivity contribution is -0.147. The van der Waals surface area contributed by atoms with Crippen LogP contribution in [0.2, 0.25) is 0 Å². The fourth-order valence-electron chi connectivity index (χ4n) is 3.40. The Morgan fingerprint density at radius 1 is 1.15 bits per heavy atom. The Balaban J connectivity index is 2.04. The zero-order valence-corrected chi connectivity index (χ0v) is 15.2. The minimum atomic E-state index is -1.05. The number of rotatable bonds is 8. The molecular weight excluding hydrogens is 334 g/mol. The van der Waals surface area contributed by atoms with Crippen molar-refractivity contribution in [2.45, 2.75) is 51.1 Å². The van der Waals surface area contributed by atoms with Gasteiger partial charge in [0.15, 0.2) is 0 Å². The SMILES string of the molecule is CCCN(CC(=O)O)C(=O)C1(NC(=O)NCc2ccccc2)CCCC1. The number of nitrogens with zero attached hydrogens (tertiary/aromatic N) is 1. The molecule has 1 aliphatic carbocycles. The predicted molar refractivity (Wildman–Crippen MR) is 97.5 cm³/mol. The van der Waals surface area contributed by atoms with E-state index < -0.39 is 17.5 Å². The lowest BCUT2D eigenvalue weighted by Crippen LogP contribution is -2.60. The van der Waals surface area contributed by atoms with Crippen molar-refractivity contribution in [2.75, 3.05) is 13.1 Å². The fraction of sp³-hybridized carbons (Fsp3) is 0.526. The van der Waals surface area contributed by atoms with Crippen molar-refractivity contribution in [2.24, 2.45) is 0 Å². The summed E-state index contributed by atoms with van der Waals surface area (Å²) in [6, 6.07) is 9.10. The molecule has 0 bridgehead atoms. The number of benzene rings is 1. The molecular formula is C19H27N3O4. The average molecular weight is 361 g/mol. The number of amides is 3. The fourth-order valence-corrected chi connectivity index (χ4v) is 3.40. The summed E-state index contributed by atoms with van der Waals surface area (Å²) < 4.78 is 0. The molecule has 7 heteroatoms. The van der Waals surface area contributed by atoms with E-state index in [1.54, 1.807) is 0 Å². The van der Waals surface area contributed by atoms with Crippen molar-refractivity contribution in [1.29, 1.82) is 0 Å². The summed E-state index contributed by atoms with van der Waals surface area (Å²) in [5.74, 6) is -1.34.